The first-order chi connectivity index (χ1) is 10.0. The quantitative estimate of drug-likeness (QED) is 0.667. The van der Waals surface area contributed by atoms with Crippen LogP contribution in [0.15, 0.2) is 42.5 Å². The fraction of sp³-hybridized carbons (Fsp3) is 0.133. The number of aliphatic hydroxyl groups excluding tert-OH is 1. The molecule has 0 aliphatic heterocycles. The van der Waals surface area contributed by atoms with E-state index < -0.39 is 10.8 Å². The Balaban J connectivity index is 2.25. The number of hydrogen-bond acceptors (Lipinski definition) is 4. The van der Waals surface area contributed by atoms with Gasteiger partial charge < -0.3 is 10.4 Å². The first kappa shape index (κ1) is 14.7. The van der Waals surface area contributed by atoms with Crippen LogP contribution in [0.2, 0.25) is 0 Å². The van der Waals surface area contributed by atoms with Gasteiger partial charge in [-0.15, -0.1) is 0 Å². The summed E-state index contributed by atoms with van der Waals surface area (Å²) in [5, 5.41) is 22.5. The summed E-state index contributed by atoms with van der Waals surface area (Å²) in [6.07, 6.45) is 0. The van der Waals surface area contributed by atoms with Crippen LogP contribution in [0.1, 0.15) is 21.5 Å². The van der Waals surface area contributed by atoms with Gasteiger partial charge in [0.2, 0.25) is 0 Å². The van der Waals surface area contributed by atoms with Crippen molar-refractivity contribution in [2.75, 3.05) is 5.32 Å². The minimum atomic E-state index is -0.547. The van der Waals surface area contributed by atoms with Crippen LogP contribution < -0.4 is 5.32 Å². The summed E-state index contributed by atoms with van der Waals surface area (Å²) in [5.74, 6) is -0.433. The maximum atomic E-state index is 12.1. The van der Waals surface area contributed by atoms with Crippen LogP contribution in [-0.2, 0) is 6.61 Å². The van der Waals surface area contributed by atoms with Crippen molar-refractivity contribution < 1.29 is 14.8 Å². The second-order valence-corrected chi connectivity index (χ2v) is 4.57. The number of aliphatic hydroxyl groups is 1. The van der Waals surface area contributed by atoms with Crippen LogP contribution in [0.25, 0.3) is 0 Å². The summed E-state index contributed by atoms with van der Waals surface area (Å²) < 4.78 is 0. The Morgan fingerprint density at radius 3 is 2.71 bits per heavy atom. The third-order valence-electron chi connectivity index (χ3n) is 3.05. The number of nitro groups is 1. The average Bonchev–Trinajstić information content (AvgIpc) is 2.49. The van der Waals surface area contributed by atoms with Gasteiger partial charge in [0.05, 0.1) is 11.5 Å². The molecular weight excluding hydrogens is 272 g/mol. The Labute approximate surface area is 121 Å². The highest BCUT2D eigenvalue weighted by molar-refractivity contribution is 6.05. The minimum absolute atomic E-state index is 0.125. The van der Waals surface area contributed by atoms with Crippen molar-refractivity contribution in [1.29, 1.82) is 0 Å². The predicted molar refractivity (Wildman–Crippen MR) is 78.2 cm³/mol. The van der Waals surface area contributed by atoms with Gasteiger partial charge in [-0.2, -0.15) is 0 Å². The molecule has 0 bridgehead atoms. The highest BCUT2D eigenvalue weighted by Gasteiger charge is 2.12. The molecule has 0 aliphatic carbocycles. The fourth-order valence-electron chi connectivity index (χ4n) is 1.86. The van der Waals surface area contributed by atoms with Crippen LogP contribution >= 0.6 is 0 Å². The van der Waals surface area contributed by atoms with Crippen LogP contribution in [0.3, 0.4) is 0 Å². The molecule has 0 radical (unpaired) electrons. The van der Waals surface area contributed by atoms with Gasteiger partial charge in [0.1, 0.15) is 0 Å². The van der Waals surface area contributed by atoms with Gasteiger partial charge in [-0.05, 0) is 30.2 Å². The van der Waals surface area contributed by atoms with Gasteiger partial charge in [-0.3, -0.25) is 14.9 Å². The van der Waals surface area contributed by atoms with Crippen molar-refractivity contribution in [1.82, 2.24) is 0 Å². The molecule has 0 aliphatic rings. The lowest BCUT2D eigenvalue weighted by Gasteiger charge is -2.10. The van der Waals surface area contributed by atoms with E-state index in [0.717, 1.165) is 5.56 Å². The van der Waals surface area contributed by atoms with E-state index in [1.165, 1.54) is 24.3 Å². The van der Waals surface area contributed by atoms with E-state index in [4.69, 9.17) is 5.11 Å². The van der Waals surface area contributed by atoms with Crippen LogP contribution in [-0.4, -0.2) is 15.9 Å². The second kappa shape index (κ2) is 6.15. The van der Waals surface area contributed by atoms with Crippen molar-refractivity contribution in [2.24, 2.45) is 0 Å². The number of nitrogens with zero attached hydrogens (tertiary/aromatic N) is 1. The predicted octanol–water partition coefficient (Wildman–Crippen LogP) is 2.65. The average molecular weight is 286 g/mol. The number of nitro benzene ring substituents is 1. The molecule has 6 nitrogen and oxygen atoms in total. The van der Waals surface area contributed by atoms with E-state index >= 15 is 0 Å². The van der Waals surface area contributed by atoms with Gasteiger partial charge in [0, 0.05) is 23.4 Å². The zero-order chi connectivity index (χ0) is 15.4. The van der Waals surface area contributed by atoms with Gasteiger partial charge >= 0.3 is 0 Å². The molecule has 0 unspecified atom stereocenters. The van der Waals surface area contributed by atoms with Crippen LogP contribution in [0, 0.1) is 17.0 Å². The van der Waals surface area contributed by atoms with E-state index in [0.29, 0.717) is 11.3 Å². The highest BCUT2D eigenvalue weighted by Crippen LogP contribution is 2.19. The Morgan fingerprint density at radius 2 is 2.05 bits per heavy atom. The summed E-state index contributed by atoms with van der Waals surface area (Å²) in [4.78, 5) is 22.3. The molecule has 0 spiro atoms. The summed E-state index contributed by atoms with van der Waals surface area (Å²) in [6.45, 7) is 1.70. The lowest BCUT2D eigenvalue weighted by atomic mass is 10.1. The molecule has 1 amide bonds. The Hall–Kier alpha value is -2.73. The Kier molecular flexibility index (Phi) is 4.30. The number of benzene rings is 2. The van der Waals surface area contributed by atoms with E-state index in [9.17, 15) is 14.9 Å². The molecule has 21 heavy (non-hydrogen) atoms. The van der Waals surface area contributed by atoms with E-state index in [1.54, 1.807) is 18.2 Å². The molecule has 2 rings (SSSR count). The Morgan fingerprint density at radius 1 is 1.29 bits per heavy atom. The number of anilines is 1. The maximum Gasteiger partial charge on any atom is 0.270 e. The number of amides is 1. The molecule has 2 aromatic rings. The monoisotopic (exact) mass is 286 g/mol. The van der Waals surface area contributed by atoms with Crippen LogP contribution in [0.4, 0.5) is 11.4 Å². The summed E-state index contributed by atoms with van der Waals surface area (Å²) in [5.41, 5.74) is 2.15. The van der Waals surface area contributed by atoms with Gasteiger partial charge in [-0.25, -0.2) is 0 Å². The Bertz CT molecular complexity index is 698. The summed E-state index contributed by atoms with van der Waals surface area (Å²) in [6, 6.07) is 10.7. The zero-order valence-corrected chi connectivity index (χ0v) is 11.4. The first-order valence-electron chi connectivity index (χ1n) is 6.27. The zero-order valence-electron chi connectivity index (χ0n) is 11.4. The van der Waals surface area contributed by atoms with E-state index in [1.807, 2.05) is 6.92 Å². The number of aryl methyl sites for hydroxylation is 1. The number of hydrogen-bond donors (Lipinski definition) is 2. The number of carbonyl (C=O) groups excluding carboxylic acids is 1. The summed E-state index contributed by atoms with van der Waals surface area (Å²) in [7, 11) is 0. The molecule has 0 saturated carbocycles. The third kappa shape index (κ3) is 3.43. The van der Waals surface area contributed by atoms with Crippen molar-refractivity contribution in [3.05, 3.63) is 69.3 Å². The molecule has 0 saturated heterocycles. The highest BCUT2D eigenvalue weighted by atomic mass is 16.6. The fourth-order valence-corrected chi connectivity index (χ4v) is 1.86. The van der Waals surface area contributed by atoms with Crippen molar-refractivity contribution >= 4 is 17.3 Å². The number of rotatable bonds is 4. The molecule has 2 aromatic carbocycles. The number of carbonyl (C=O) groups is 1. The number of non-ortho nitro benzene ring substituents is 1. The second-order valence-electron chi connectivity index (χ2n) is 4.57. The van der Waals surface area contributed by atoms with Gasteiger partial charge in [0.15, 0.2) is 0 Å². The van der Waals surface area contributed by atoms with Crippen LogP contribution in [0.5, 0.6) is 0 Å². The molecule has 108 valence electrons. The molecule has 0 heterocycles. The molecule has 6 heteroatoms. The summed E-state index contributed by atoms with van der Waals surface area (Å²) >= 11 is 0. The SMILES string of the molecule is Cc1ccc(CO)cc1NC(=O)c1cccc([N+](=O)[O-])c1. The van der Waals surface area contributed by atoms with E-state index in [-0.39, 0.29) is 17.9 Å². The lowest BCUT2D eigenvalue weighted by Crippen LogP contribution is -2.13. The van der Waals surface area contributed by atoms with Gasteiger partial charge in [0.25, 0.3) is 11.6 Å². The molecular formula is C15H14N2O4. The van der Waals surface area contributed by atoms with Crippen molar-refractivity contribution in [3.8, 4) is 0 Å². The number of nitrogens with one attached hydrogen (secondary N) is 1. The largest absolute Gasteiger partial charge is 0.392 e. The van der Waals surface area contributed by atoms with Crippen molar-refractivity contribution in [3.63, 3.8) is 0 Å². The van der Waals surface area contributed by atoms with Gasteiger partial charge in [-0.1, -0.05) is 18.2 Å². The molecule has 2 N–H and O–H groups in total. The smallest absolute Gasteiger partial charge is 0.270 e. The third-order valence-corrected chi connectivity index (χ3v) is 3.05. The minimum Gasteiger partial charge on any atom is -0.392 e. The standard InChI is InChI=1S/C15H14N2O4/c1-10-5-6-11(9-18)7-14(10)16-15(19)12-3-2-4-13(8-12)17(20)21/h2-8,18H,9H2,1H3,(H,16,19). The molecule has 0 aromatic heterocycles. The topological polar surface area (TPSA) is 92.5 Å². The normalized spacial score (nSPS) is 10.2. The molecule has 0 atom stereocenters. The lowest BCUT2D eigenvalue weighted by molar-refractivity contribution is -0.384. The van der Waals surface area contributed by atoms with Crippen molar-refractivity contribution in [2.45, 2.75) is 13.5 Å². The van der Waals surface area contributed by atoms with E-state index in [2.05, 4.69) is 5.32 Å². The maximum absolute atomic E-state index is 12.1. The molecule has 0 fully saturated rings. The first-order valence-corrected chi connectivity index (χ1v) is 6.27.